The summed E-state index contributed by atoms with van der Waals surface area (Å²) in [7, 11) is 0. The molecule has 0 aliphatic carbocycles. The van der Waals surface area contributed by atoms with Gasteiger partial charge in [-0.25, -0.2) is 0 Å². The monoisotopic (exact) mass is 269 g/mol. The Kier molecular flexibility index (Phi) is 4.25. The van der Waals surface area contributed by atoms with Gasteiger partial charge in [-0.3, -0.25) is 4.79 Å². The molecule has 0 aromatic heterocycles. The standard InChI is InChI=1S/C16H19N3O/c1-2-19(11-12-6-4-3-5-7-12)15-10-13(17)8-9-14(15)16(18)20/h3-10H,2,11,17H2,1H3,(H2,18,20). The number of primary amides is 1. The maximum atomic E-state index is 11.6. The van der Waals surface area contributed by atoms with Gasteiger partial charge in [-0.15, -0.1) is 0 Å². The fourth-order valence-electron chi connectivity index (χ4n) is 2.19. The summed E-state index contributed by atoms with van der Waals surface area (Å²) >= 11 is 0. The van der Waals surface area contributed by atoms with Crippen LogP contribution in [-0.4, -0.2) is 12.5 Å². The molecule has 0 radical (unpaired) electrons. The summed E-state index contributed by atoms with van der Waals surface area (Å²) < 4.78 is 0. The molecule has 0 bridgehead atoms. The number of benzene rings is 2. The Balaban J connectivity index is 2.36. The minimum atomic E-state index is -0.438. The van der Waals surface area contributed by atoms with E-state index < -0.39 is 5.91 Å². The summed E-state index contributed by atoms with van der Waals surface area (Å²) in [6, 6.07) is 15.3. The maximum Gasteiger partial charge on any atom is 0.250 e. The normalized spacial score (nSPS) is 10.2. The van der Waals surface area contributed by atoms with E-state index in [4.69, 9.17) is 11.5 Å². The predicted molar refractivity (Wildman–Crippen MR) is 82.5 cm³/mol. The summed E-state index contributed by atoms with van der Waals surface area (Å²) in [6.07, 6.45) is 0. The first-order chi connectivity index (χ1) is 9.61. The van der Waals surface area contributed by atoms with E-state index >= 15 is 0 Å². The molecule has 0 aliphatic rings. The molecule has 2 aromatic rings. The van der Waals surface area contributed by atoms with E-state index in [1.165, 1.54) is 5.56 Å². The third-order valence-electron chi connectivity index (χ3n) is 3.23. The summed E-state index contributed by atoms with van der Waals surface area (Å²) in [6.45, 7) is 3.51. The highest BCUT2D eigenvalue weighted by Crippen LogP contribution is 2.25. The van der Waals surface area contributed by atoms with E-state index in [9.17, 15) is 4.79 Å². The van der Waals surface area contributed by atoms with Gasteiger partial charge in [-0.05, 0) is 30.7 Å². The molecule has 4 N–H and O–H groups in total. The van der Waals surface area contributed by atoms with Gasteiger partial charge in [0.15, 0.2) is 0 Å². The topological polar surface area (TPSA) is 72.3 Å². The van der Waals surface area contributed by atoms with Crippen molar-refractivity contribution >= 4 is 17.3 Å². The van der Waals surface area contributed by atoms with E-state index in [1.54, 1.807) is 18.2 Å². The Bertz CT molecular complexity index is 596. The van der Waals surface area contributed by atoms with Gasteiger partial charge in [0.05, 0.1) is 11.3 Å². The van der Waals surface area contributed by atoms with Crippen LogP contribution in [0.3, 0.4) is 0 Å². The Morgan fingerprint density at radius 3 is 2.45 bits per heavy atom. The molecule has 0 heterocycles. The highest BCUT2D eigenvalue weighted by Gasteiger charge is 2.14. The van der Waals surface area contributed by atoms with Crippen LogP contribution in [0.5, 0.6) is 0 Å². The van der Waals surface area contributed by atoms with E-state index in [0.717, 1.165) is 12.2 Å². The highest BCUT2D eigenvalue weighted by atomic mass is 16.1. The fourth-order valence-corrected chi connectivity index (χ4v) is 2.19. The summed E-state index contributed by atoms with van der Waals surface area (Å²) in [5.74, 6) is -0.438. The summed E-state index contributed by atoms with van der Waals surface area (Å²) in [5.41, 5.74) is 14.4. The summed E-state index contributed by atoms with van der Waals surface area (Å²) in [5, 5.41) is 0. The Labute approximate surface area is 119 Å². The minimum absolute atomic E-state index is 0.438. The van der Waals surface area contributed by atoms with Crippen molar-refractivity contribution in [2.24, 2.45) is 5.73 Å². The lowest BCUT2D eigenvalue weighted by molar-refractivity contribution is 0.100. The molecule has 0 unspecified atom stereocenters. The number of carbonyl (C=O) groups is 1. The molecular formula is C16H19N3O. The van der Waals surface area contributed by atoms with Crippen molar-refractivity contribution < 1.29 is 4.79 Å². The lowest BCUT2D eigenvalue weighted by atomic mass is 10.1. The number of nitrogens with two attached hydrogens (primary N) is 2. The molecule has 0 aliphatic heterocycles. The molecule has 1 amide bonds. The van der Waals surface area contributed by atoms with Crippen molar-refractivity contribution in [2.75, 3.05) is 17.2 Å². The first-order valence-electron chi connectivity index (χ1n) is 6.60. The molecule has 104 valence electrons. The van der Waals surface area contributed by atoms with E-state index in [2.05, 4.69) is 17.0 Å². The molecule has 4 heteroatoms. The second-order valence-corrected chi connectivity index (χ2v) is 4.64. The number of nitrogen functional groups attached to an aromatic ring is 1. The van der Waals surface area contributed by atoms with Crippen molar-refractivity contribution in [1.29, 1.82) is 0 Å². The molecule has 0 saturated carbocycles. The zero-order valence-corrected chi connectivity index (χ0v) is 11.5. The van der Waals surface area contributed by atoms with Gasteiger partial charge >= 0.3 is 0 Å². The number of rotatable bonds is 5. The second kappa shape index (κ2) is 6.10. The quantitative estimate of drug-likeness (QED) is 0.819. The number of nitrogens with zero attached hydrogens (tertiary/aromatic N) is 1. The Morgan fingerprint density at radius 1 is 1.15 bits per heavy atom. The van der Waals surface area contributed by atoms with Crippen LogP contribution < -0.4 is 16.4 Å². The van der Waals surface area contributed by atoms with E-state index in [0.29, 0.717) is 17.8 Å². The maximum absolute atomic E-state index is 11.6. The van der Waals surface area contributed by atoms with Crippen LogP contribution in [-0.2, 0) is 6.54 Å². The molecule has 2 aromatic carbocycles. The van der Waals surface area contributed by atoms with Crippen molar-refractivity contribution in [3.05, 3.63) is 59.7 Å². The van der Waals surface area contributed by atoms with Gasteiger partial charge in [0, 0.05) is 18.8 Å². The van der Waals surface area contributed by atoms with Gasteiger partial charge in [0.25, 0.3) is 5.91 Å². The van der Waals surface area contributed by atoms with Crippen LogP contribution in [0.4, 0.5) is 11.4 Å². The van der Waals surface area contributed by atoms with Crippen LogP contribution in [0, 0.1) is 0 Å². The van der Waals surface area contributed by atoms with Crippen LogP contribution in [0.2, 0.25) is 0 Å². The van der Waals surface area contributed by atoms with Crippen LogP contribution in [0.25, 0.3) is 0 Å². The lowest BCUT2D eigenvalue weighted by Crippen LogP contribution is -2.26. The first-order valence-corrected chi connectivity index (χ1v) is 6.60. The third kappa shape index (κ3) is 3.09. The first kappa shape index (κ1) is 13.9. The fraction of sp³-hybridized carbons (Fsp3) is 0.188. The average Bonchev–Trinajstić information content (AvgIpc) is 2.45. The zero-order valence-electron chi connectivity index (χ0n) is 11.5. The van der Waals surface area contributed by atoms with Gasteiger partial charge < -0.3 is 16.4 Å². The number of amides is 1. The molecule has 2 rings (SSSR count). The van der Waals surface area contributed by atoms with E-state index in [-0.39, 0.29) is 0 Å². The van der Waals surface area contributed by atoms with Crippen molar-refractivity contribution in [3.8, 4) is 0 Å². The molecule has 0 fully saturated rings. The third-order valence-corrected chi connectivity index (χ3v) is 3.23. The smallest absolute Gasteiger partial charge is 0.250 e. The molecule has 0 atom stereocenters. The van der Waals surface area contributed by atoms with Crippen LogP contribution in [0.1, 0.15) is 22.8 Å². The Morgan fingerprint density at radius 2 is 1.85 bits per heavy atom. The zero-order chi connectivity index (χ0) is 14.5. The number of hydrogen-bond acceptors (Lipinski definition) is 3. The van der Waals surface area contributed by atoms with Gasteiger partial charge in [0.2, 0.25) is 0 Å². The second-order valence-electron chi connectivity index (χ2n) is 4.64. The van der Waals surface area contributed by atoms with Crippen molar-refractivity contribution in [1.82, 2.24) is 0 Å². The van der Waals surface area contributed by atoms with Crippen LogP contribution in [0.15, 0.2) is 48.5 Å². The number of hydrogen-bond donors (Lipinski definition) is 2. The SMILES string of the molecule is CCN(Cc1ccccc1)c1cc(N)ccc1C(N)=O. The largest absolute Gasteiger partial charge is 0.399 e. The molecule has 20 heavy (non-hydrogen) atoms. The van der Waals surface area contributed by atoms with Gasteiger partial charge in [-0.2, -0.15) is 0 Å². The average molecular weight is 269 g/mol. The van der Waals surface area contributed by atoms with Crippen LogP contribution >= 0.6 is 0 Å². The molecule has 4 nitrogen and oxygen atoms in total. The van der Waals surface area contributed by atoms with Gasteiger partial charge in [-0.1, -0.05) is 30.3 Å². The van der Waals surface area contributed by atoms with E-state index in [1.807, 2.05) is 25.1 Å². The Hall–Kier alpha value is -2.49. The number of anilines is 2. The number of carbonyl (C=O) groups excluding carboxylic acids is 1. The van der Waals surface area contributed by atoms with Crippen molar-refractivity contribution in [2.45, 2.75) is 13.5 Å². The minimum Gasteiger partial charge on any atom is -0.399 e. The molecule has 0 spiro atoms. The lowest BCUT2D eigenvalue weighted by Gasteiger charge is -2.25. The molecule has 0 saturated heterocycles. The predicted octanol–water partition coefficient (Wildman–Crippen LogP) is 2.39. The van der Waals surface area contributed by atoms with Crippen molar-refractivity contribution in [3.63, 3.8) is 0 Å². The molecular weight excluding hydrogens is 250 g/mol. The summed E-state index contributed by atoms with van der Waals surface area (Å²) in [4.78, 5) is 13.6. The van der Waals surface area contributed by atoms with Gasteiger partial charge in [0.1, 0.15) is 0 Å². The highest BCUT2D eigenvalue weighted by molar-refractivity contribution is 5.99.